The Bertz CT molecular complexity index is 1070. The number of nitrogens with zero attached hydrogens (tertiary/aromatic N) is 1. The molecular weight excluding hydrogens is 390 g/mol. The maximum Gasteiger partial charge on any atom is 0.240 e. The predicted molar refractivity (Wildman–Crippen MR) is 111 cm³/mol. The fourth-order valence-electron chi connectivity index (χ4n) is 2.79. The van der Waals surface area contributed by atoms with E-state index < -0.39 is 10.0 Å². The van der Waals surface area contributed by atoms with Crippen molar-refractivity contribution in [3.63, 3.8) is 0 Å². The van der Waals surface area contributed by atoms with Crippen molar-refractivity contribution in [3.8, 4) is 11.3 Å². The van der Waals surface area contributed by atoms with Gasteiger partial charge in [-0.05, 0) is 43.1 Å². The maximum absolute atomic E-state index is 12.2. The number of aryl methyl sites for hydroxylation is 2. The molecule has 29 heavy (non-hydrogen) atoms. The summed E-state index contributed by atoms with van der Waals surface area (Å²) in [5.74, 6) is 0.0842. The van der Waals surface area contributed by atoms with Crippen LogP contribution in [0.2, 0.25) is 0 Å². The lowest BCUT2D eigenvalue weighted by Gasteiger charge is -2.05. The summed E-state index contributed by atoms with van der Waals surface area (Å²) in [4.78, 5) is 12.4. The van der Waals surface area contributed by atoms with E-state index in [4.69, 9.17) is 4.52 Å². The van der Waals surface area contributed by atoms with Crippen LogP contribution in [0.1, 0.15) is 24.5 Å². The Kier molecular flexibility index (Phi) is 6.46. The van der Waals surface area contributed by atoms with Crippen molar-refractivity contribution in [2.24, 2.45) is 0 Å². The van der Waals surface area contributed by atoms with Gasteiger partial charge in [0.25, 0.3) is 0 Å². The summed E-state index contributed by atoms with van der Waals surface area (Å²) in [5, 5.41) is 6.70. The van der Waals surface area contributed by atoms with E-state index in [1.54, 1.807) is 18.2 Å². The zero-order valence-electron chi connectivity index (χ0n) is 16.3. The van der Waals surface area contributed by atoms with Crippen molar-refractivity contribution in [1.82, 2.24) is 9.88 Å². The van der Waals surface area contributed by atoms with Gasteiger partial charge in [-0.15, -0.1) is 0 Å². The summed E-state index contributed by atoms with van der Waals surface area (Å²) in [7, 11) is -2.10. The van der Waals surface area contributed by atoms with Crippen molar-refractivity contribution in [1.29, 1.82) is 0 Å². The lowest BCUT2D eigenvalue weighted by Crippen LogP contribution is -2.18. The number of carbonyl (C=O) groups is 1. The largest absolute Gasteiger partial charge is 0.338 e. The molecule has 2 aromatic carbocycles. The van der Waals surface area contributed by atoms with Gasteiger partial charge in [0.1, 0.15) is 5.69 Å². The number of anilines is 1. The lowest BCUT2D eigenvalue weighted by molar-refractivity contribution is -0.116. The van der Waals surface area contributed by atoms with E-state index in [1.165, 1.54) is 24.7 Å². The van der Waals surface area contributed by atoms with E-state index in [0.717, 1.165) is 17.5 Å². The molecule has 0 unspecified atom stereocenters. The molecule has 152 valence electrons. The summed E-state index contributed by atoms with van der Waals surface area (Å²) in [6, 6.07) is 16.1. The molecule has 1 heterocycles. The lowest BCUT2D eigenvalue weighted by atomic mass is 10.1. The van der Waals surface area contributed by atoms with Gasteiger partial charge in [-0.3, -0.25) is 10.1 Å². The highest BCUT2D eigenvalue weighted by atomic mass is 32.2. The van der Waals surface area contributed by atoms with Crippen LogP contribution in [0.25, 0.3) is 11.3 Å². The van der Waals surface area contributed by atoms with Crippen molar-refractivity contribution >= 4 is 21.8 Å². The number of amides is 1. The molecule has 0 aliphatic heterocycles. The summed E-state index contributed by atoms with van der Waals surface area (Å²) < 4.78 is 30.9. The Balaban J connectivity index is 1.55. The van der Waals surface area contributed by atoms with Crippen LogP contribution in [0.3, 0.4) is 0 Å². The first-order valence-corrected chi connectivity index (χ1v) is 10.8. The second-order valence-corrected chi connectivity index (χ2v) is 8.41. The Morgan fingerprint density at radius 2 is 1.69 bits per heavy atom. The molecule has 0 saturated heterocycles. The maximum atomic E-state index is 12.2. The number of aromatic nitrogens is 1. The van der Waals surface area contributed by atoms with Gasteiger partial charge >= 0.3 is 0 Å². The topological polar surface area (TPSA) is 101 Å². The number of sulfonamides is 1. The molecule has 0 radical (unpaired) electrons. The van der Waals surface area contributed by atoms with Gasteiger partial charge in [-0.1, -0.05) is 48.5 Å². The van der Waals surface area contributed by atoms with Gasteiger partial charge in [0, 0.05) is 18.1 Å². The van der Waals surface area contributed by atoms with Crippen LogP contribution in [0.4, 0.5) is 5.88 Å². The monoisotopic (exact) mass is 413 g/mol. The van der Waals surface area contributed by atoms with E-state index in [1.807, 2.05) is 24.3 Å². The minimum Gasteiger partial charge on any atom is -0.338 e. The highest BCUT2D eigenvalue weighted by molar-refractivity contribution is 7.89. The van der Waals surface area contributed by atoms with Gasteiger partial charge < -0.3 is 4.52 Å². The highest BCUT2D eigenvalue weighted by Gasteiger charge is 2.12. The number of nitrogens with one attached hydrogen (secondary N) is 2. The molecule has 0 aliphatic carbocycles. The zero-order valence-corrected chi connectivity index (χ0v) is 17.1. The molecule has 1 amide bonds. The minimum absolute atomic E-state index is 0.189. The van der Waals surface area contributed by atoms with Crippen LogP contribution in [0.15, 0.2) is 64.0 Å². The second-order valence-electron chi connectivity index (χ2n) is 6.53. The fourth-order valence-corrected chi connectivity index (χ4v) is 3.52. The Morgan fingerprint density at radius 1 is 1.03 bits per heavy atom. The first-order valence-electron chi connectivity index (χ1n) is 9.29. The van der Waals surface area contributed by atoms with Crippen molar-refractivity contribution in [2.75, 3.05) is 12.4 Å². The van der Waals surface area contributed by atoms with Crippen molar-refractivity contribution in [3.05, 3.63) is 65.7 Å². The number of carbonyl (C=O) groups excluding carboxylic acids is 1. The Morgan fingerprint density at radius 3 is 2.31 bits per heavy atom. The third-order valence-corrected chi connectivity index (χ3v) is 6.00. The van der Waals surface area contributed by atoms with Crippen molar-refractivity contribution < 1.29 is 17.7 Å². The number of hydrogen-bond donors (Lipinski definition) is 2. The second kappa shape index (κ2) is 9.02. The van der Waals surface area contributed by atoms with Gasteiger partial charge in [0.15, 0.2) is 0 Å². The normalized spacial score (nSPS) is 11.4. The number of hydrogen-bond acceptors (Lipinski definition) is 5. The molecule has 0 spiro atoms. The van der Waals surface area contributed by atoms with E-state index in [9.17, 15) is 13.2 Å². The molecule has 0 bridgehead atoms. The van der Waals surface area contributed by atoms with Gasteiger partial charge in [-0.2, -0.15) is 0 Å². The highest BCUT2D eigenvalue weighted by Crippen LogP contribution is 2.22. The molecule has 0 aliphatic rings. The van der Waals surface area contributed by atoms with Crippen LogP contribution in [0, 0.1) is 0 Å². The van der Waals surface area contributed by atoms with Crippen molar-refractivity contribution in [2.45, 2.75) is 31.1 Å². The minimum atomic E-state index is -3.46. The van der Waals surface area contributed by atoms with E-state index in [-0.39, 0.29) is 17.2 Å². The van der Waals surface area contributed by atoms with Crippen LogP contribution in [0.5, 0.6) is 0 Å². The SMILES string of the molecule is CCc1ccc(-c2cc(NC(=O)CCc3ccc(S(=O)(=O)NC)cc3)on2)cc1. The third-order valence-electron chi connectivity index (χ3n) is 4.57. The Hall–Kier alpha value is -2.97. The molecular formula is C21H23N3O4S. The molecule has 2 N–H and O–H groups in total. The summed E-state index contributed by atoms with van der Waals surface area (Å²) in [5.41, 5.74) is 3.68. The quantitative estimate of drug-likeness (QED) is 0.589. The standard InChI is InChI=1S/C21H23N3O4S/c1-3-15-4-9-17(10-5-15)19-14-21(28-24-19)23-20(25)13-8-16-6-11-18(12-7-16)29(26,27)22-2/h4-7,9-12,14,22H,3,8,13H2,1-2H3,(H,23,25). The average Bonchev–Trinajstić information content (AvgIpc) is 3.21. The third kappa shape index (κ3) is 5.30. The molecule has 0 atom stereocenters. The first-order chi connectivity index (χ1) is 13.9. The van der Waals surface area contributed by atoms with Crippen LogP contribution < -0.4 is 10.0 Å². The summed E-state index contributed by atoms with van der Waals surface area (Å²) in [6.45, 7) is 2.09. The fraction of sp³-hybridized carbons (Fsp3) is 0.238. The summed E-state index contributed by atoms with van der Waals surface area (Å²) in [6.07, 6.45) is 1.68. The molecule has 0 fully saturated rings. The molecule has 7 nitrogen and oxygen atoms in total. The van der Waals surface area contributed by atoms with E-state index in [0.29, 0.717) is 18.0 Å². The Labute approximate surface area is 170 Å². The molecule has 8 heteroatoms. The van der Waals surface area contributed by atoms with E-state index >= 15 is 0 Å². The first kappa shape index (κ1) is 20.8. The molecule has 3 aromatic rings. The van der Waals surface area contributed by atoms with Crippen LogP contribution in [-0.2, 0) is 27.7 Å². The van der Waals surface area contributed by atoms with Crippen LogP contribution >= 0.6 is 0 Å². The zero-order chi connectivity index (χ0) is 20.9. The van der Waals surface area contributed by atoms with E-state index in [2.05, 4.69) is 22.1 Å². The van der Waals surface area contributed by atoms with Gasteiger partial charge in [-0.25, -0.2) is 13.1 Å². The van der Waals surface area contributed by atoms with Gasteiger partial charge in [0.2, 0.25) is 21.8 Å². The number of benzene rings is 2. The summed E-state index contributed by atoms with van der Waals surface area (Å²) >= 11 is 0. The average molecular weight is 413 g/mol. The molecule has 0 saturated carbocycles. The molecule has 1 aromatic heterocycles. The van der Waals surface area contributed by atoms with Crippen LogP contribution in [-0.4, -0.2) is 26.5 Å². The van der Waals surface area contributed by atoms with Gasteiger partial charge in [0.05, 0.1) is 4.90 Å². The smallest absolute Gasteiger partial charge is 0.240 e. The predicted octanol–water partition coefficient (Wildman–Crippen LogP) is 3.38. The molecule has 3 rings (SSSR count). The number of rotatable bonds is 8.